The van der Waals surface area contributed by atoms with Crippen LogP contribution in [0.2, 0.25) is 0 Å². The van der Waals surface area contributed by atoms with Gasteiger partial charge in [-0.2, -0.15) is 0 Å². The zero-order valence-corrected chi connectivity index (χ0v) is 16.1. The maximum atomic E-state index is 11.9. The lowest BCUT2D eigenvalue weighted by molar-refractivity contribution is -0.161. The fourth-order valence-electron chi connectivity index (χ4n) is 2.43. The number of hydrogen-bond acceptors (Lipinski definition) is 6. The quantitative estimate of drug-likeness (QED) is 0.259. The Hall–Kier alpha value is -2.57. The van der Waals surface area contributed by atoms with Gasteiger partial charge in [0.2, 0.25) is 0 Å². The van der Waals surface area contributed by atoms with E-state index in [1.165, 1.54) is 0 Å². The van der Waals surface area contributed by atoms with Gasteiger partial charge < -0.3 is 19.5 Å². The molecule has 1 aromatic carbocycles. The van der Waals surface area contributed by atoms with E-state index < -0.39 is 23.9 Å². The Kier molecular flexibility index (Phi) is 11.3. The van der Waals surface area contributed by atoms with Crippen molar-refractivity contribution in [1.82, 2.24) is 5.32 Å². The highest BCUT2D eigenvalue weighted by atomic mass is 16.6. The Bertz CT molecular complexity index is 557. The van der Waals surface area contributed by atoms with Crippen LogP contribution in [0.3, 0.4) is 0 Å². The van der Waals surface area contributed by atoms with Crippen molar-refractivity contribution >= 4 is 18.0 Å². The number of nitrogens with one attached hydrogen (secondary N) is 1. The van der Waals surface area contributed by atoms with Gasteiger partial charge in [0.1, 0.15) is 6.61 Å². The summed E-state index contributed by atoms with van der Waals surface area (Å²) in [4.78, 5) is 35.3. The minimum absolute atomic E-state index is 0.226. The zero-order chi connectivity index (χ0) is 19.9. The molecule has 0 aliphatic rings. The van der Waals surface area contributed by atoms with Crippen molar-refractivity contribution in [2.45, 2.75) is 46.1 Å². The van der Waals surface area contributed by atoms with Crippen molar-refractivity contribution < 1.29 is 28.6 Å². The molecule has 0 fully saturated rings. The number of carbonyl (C=O) groups excluding carboxylic acids is 3. The molecular formula is C20H29NO6. The predicted octanol–water partition coefficient (Wildman–Crippen LogP) is 3.22. The summed E-state index contributed by atoms with van der Waals surface area (Å²) in [6, 6.07) is 9.44. The molecule has 0 heterocycles. The van der Waals surface area contributed by atoms with Gasteiger partial charge in [-0.15, -0.1) is 0 Å². The van der Waals surface area contributed by atoms with Crippen LogP contribution in [0.4, 0.5) is 4.79 Å². The lowest BCUT2D eigenvalue weighted by Gasteiger charge is -2.14. The molecule has 0 radical (unpaired) electrons. The number of alkyl carbamates (subject to hydrolysis) is 1. The maximum Gasteiger partial charge on any atom is 0.407 e. The van der Waals surface area contributed by atoms with Gasteiger partial charge in [0.05, 0.1) is 13.2 Å². The highest BCUT2D eigenvalue weighted by Gasteiger charge is 2.28. The number of unbranched alkanes of at least 4 members (excludes halogenated alkanes) is 2. The Morgan fingerprint density at radius 2 is 1.52 bits per heavy atom. The van der Waals surface area contributed by atoms with Crippen LogP contribution in [0.15, 0.2) is 30.3 Å². The van der Waals surface area contributed by atoms with E-state index in [2.05, 4.69) is 5.32 Å². The first-order valence-electron chi connectivity index (χ1n) is 9.36. The Morgan fingerprint density at radius 3 is 2.11 bits per heavy atom. The molecule has 0 saturated carbocycles. The van der Waals surface area contributed by atoms with Crippen LogP contribution in [0.5, 0.6) is 0 Å². The number of rotatable bonds is 12. The van der Waals surface area contributed by atoms with E-state index in [9.17, 15) is 14.4 Å². The fourth-order valence-corrected chi connectivity index (χ4v) is 2.43. The van der Waals surface area contributed by atoms with E-state index >= 15 is 0 Å². The average Bonchev–Trinajstić information content (AvgIpc) is 2.66. The summed E-state index contributed by atoms with van der Waals surface area (Å²) in [6.07, 6.45) is 2.04. The van der Waals surface area contributed by atoms with E-state index in [4.69, 9.17) is 14.2 Å². The average molecular weight is 379 g/mol. The molecule has 0 spiro atoms. The maximum absolute atomic E-state index is 11.9. The second kappa shape index (κ2) is 13.6. The summed E-state index contributed by atoms with van der Waals surface area (Å²) < 4.78 is 15.0. The van der Waals surface area contributed by atoms with Gasteiger partial charge in [-0.05, 0) is 32.3 Å². The lowest BCUT2D eigenvalue weighted by Crippen LogP contribution is -2.28. The minimum Gasteiger partial charge on any atom is -0.465 e. The van der Waals surface area contributed by atoms with Crippen molar-refractivity contribution in [3.8, 4) is 0 Å². The Labute approximate surface area is 160 Å². The molecule has 27 heavy (non-hydrogen) atoms. The molecule has 150 valence electrons. The first-order chi connectivity index (χ1) is 13.1. The van der Waals surface area contributed by atoms with Crippen LogP contribution >= 0.6 is 0 Å². The minimum atomic E-state index is -0.881. The van der Waals surface area contributed by atoms with Gasteiger partial charge in [0, 0.05) is 6.54 Å². The predicted molar refractivity (Wildman–Crippen MR) is 99.9 cm³/mol. The van der Waals surface area contributed by atoms with Crippen LogP contribution in [0, 0.1) is 5.92 Å². The van der Waals surface area contributed by atoms with Gasteiger partial charge >= 0.3 is 18.0 Å². The van der Waals surface area contributed by atoms with Crippen LogP contribution in [0.1, 0.15) is 45.1 Å². The van der Waals surface area contributed by atoms with Gasteiger partial charge in [-0.3, -0.25) is 9.59 Å². The van der Waals surface area contributed by atoms with Gasteiger partial charge in [-0.25, -0.2) is 4.79 Å². The molecule has 1 rings (SSSR count). The normalized spacial score (nSPS) is 10.3. The molecule has 0 unspecified atom stereocenters. The third kappa shape index (κ3) is 9.63. The Morgan fingerprint density at radius 1 is 0.889 bits per heavy atom. The van der Waals surface area contributed by atoms with E-state index in [0.717, 1.165) is 18.4 Å². The Balaban J connectivity index is 2.18. The number of carbonyl (C=O) groups is 3. The van der Waals surface area contributed by atoms with E-state index in [0.29, 0.717) is 19.4 Å². The highest BCUT2D eigenvalue weighted by molar-refractivity contribution is 5.94. The highest BCUT2D eigenvalue weighted by Crippen LogP contribution is 2.14. The second-order valence-corrected chi connectivity index (χ2v) is 5.89. The van der Waals surface area contributed by atoms with Crippen molar-refractivity contribution in [3.05, 3.63) is 35.9 Å². The van der Waals surface area contributed by atoms with E-state index in [-0.39, 0.29) is 19.8 Å². The molecule has 1 N–H and O–H groups in total. The molecule has 1 amide bonds. The number of benzene rings is 1. The van der Waals surface area contributed by atoms with Crippen molar-refractivity contribution in [1.29, 1.82) is 0 Å². The van der Waals surface area contributed by atoms with Crippen molar-refractivity contribution in [2.75, 3.05) is 19.8 Å². The lowest BCUT2D eigenvalue weighted by atomic mass is 10.0. The number of amides is 1. The molecule has 7 heteroatoms. The molecular weight excluding hydrogens is 350 g/mol. The monoisotopic (exact) mass is 379 g/mol. The third-order valence-electron chi connectivity index (χ3n) is 3.79. The summed E-state index contributed by atoms with van der Waals surface area (Å²) in [5, 5.41) is 2.68. The van der Waals surface area contributed by atoms with Crippen LogP contribution in [-0.4, -0.2) is 37.8 Å². The second-order valence-electron chi connectivity index (χ2n) is 5.89. The van der Waals surface area contributed by atoms with Crippen LogP contribution < -0.4 is 5.32 Å². The van der Waals surface area contributed by atoms with Gasteiger partial charge in [0.25, 0.3) is 0 Å². The standard InChI is InChI=1S/C20H29NO6/c1-3-25-18(22)17(19(23)26-4-2)13-9-6-10-14-21-20(24)27-15-16-11-7-5-8-12-16/h5,7-8,11-12,17H,3-4,6,9-10,13-15H2,1-2H3,(H,21,24). The van der Waals surface area contributed by atoms with Crippen molar-refractivity contribution in [2.24, 2.45) is 5.92 Å². The smallest absolute Gasteiger partial charge is 0.407 e. The summed E-state index contributed by atoms with van der Waals surface area (Å²) >= 11 is 0. The number of hydrogen-bond donors (Lipinski definition) is 1. The number of ether oxygens (including phenoxy) is 3. The van der Waals surface area contributed by atoms with E-state index in [1.54, 1.807) is 13.8 Å². The number of esters is 2. The molecule has 0 saturated heterocycles. The summed E-state index contributed by atoms with van der Waals surface area (Å²) in [7, 11) is 0. The van der Waals surface area contributed by atoms with Crippen molar-refractivity contribution in [3.63, 3.8) is 0 Å². The first-order valence-corrected chi connectivity index (χ1v) is 9.36. The van der Waals surface area contributed by atoms with E-state index in [1.807, 2.05) is 30.3 Å². The molecule has 7 nitrogen and oxygen atoms in total. The molecule has 0 atom stereocenters. The van der Waals surface area contributed by atoms with Crippen LogP contribution in [0.25, 0.3) is 0 Å². The topological polar surface area (TPSA) is 90.9 Å². The van der Waals surface area contributed by atoms with Crippen LogP contribution in [-0.2, 0) is 30.4 Å². The summed E-state index contributed by atoms with van der Waals surface area (Å²) in [5.41, 5.74) is 0.927. The molecule has 0 aliphatic carbocycles. The molecule has 0 aliphatic heterocycles. The summed E-state index contributed by atoms with van der Waals surface area (Å²) in [6.45, 7) is 4.54. The zero-order valence-electron chi connectivity index (χ0n) is 16.1. The fraction of sp³-hybridized carbons (Fsp3) is 0.550. The largest absolute Gasteiger partial charge is 0.465 e. The molecule has 0 bridgehead atoms. The first kappa shape index (κ1) is 22.5. The molecule has 1 aromatic rings. The van der Waals surface area contributed by atoms with Gasteiger partial charge in [0.15, 0.2) is 5.92 Å². The third-order valence-corrected chi connectivity index (χ3v) is 3.79. The summed E-state index contributed by atoms with van der Waals surface area (Å²) in [5.74, 6) is -1.97. The van der Waals surface area contributed by atoms with Gasteiger partial charge in [-0.1, -0.05) is 43.2 Å². The molecule has 0 aromatic heterocycles. The SMILES string of the molecule is CCOC(=O)C(CCCCCNC(=O)OCc1ccccc1)C(=O)OCC.